The average molecular weight is 276 g/mol. The van der Waals surface area contributed by atoms with Crippen molar-refractivity contribution in [3.8, 4) is 0 Å². The highest BCUT2D eigenvalue weighted by Crippen LogP contribution is 2.28. The minimum Gasteiger partial charge on any atom is -0.478 e. The van der Waals surface area contributed by atoms with E-state index in [0.29, 0.717) is 11.7 Å². The first kappa shape index (κ1) is 14.4. The molecule has 1 aliphatic rings. The number of carboxylic acid groups (broad SMARTS) is 1. The summed E-state index contributed by atoms with van der Waals surface area (Å²) in [7, 11) is 0. The third-order valence-electron chi connectivity index (χ3n) is 3.40. The van der Waals surface area contributed by atoms with Gasteiger partial charge in [0.15, 0.2) is 0 Å². The fourth-order valence-corrected chi connectivity index (χ4v) is 2.13. The molecule has 108 valence electrons. The maximum absolute atomic E-state index is 12.3. The number of urea groups is 1. The Kier molecular flexibility index (Phi) is 4.61. The van der Waals surface area contributed by atoms with Crippen molar-refractivity contribution in [2.45, 2.75) is 38.6 Å². The standard InChI is InChI=1S/C15H20N2O3/c1-2-3-10-17(11-8-9-11)15(20)16-13-7-5-4-6-12(13)14(18)19/h4-7,11H,2-3,8-10H2,1H3,(H,16,20)(H,18,19). The van der Waals surface area contributed by atoms with E-state index in [2.05, 4.69) is 12.2 Å². The highest BCUT2D eigenvalue weighted by Gasteiger charge is 2.32. The van der Waals surface area contributed by atoms with Crippen LogP contribution in [0.3, 0.4) is 0 Å². The van der Waals surface area contributed by atoms with Crippen LogP contribution in [0.5, 0.6) is 0 Å². The van der Waals surface area contributed by atoms with Crippen LogP contribution in [0.2, 0.25) is 0 Å². The summed E-state index contributed by atoms with van der Waals surface area (Å²) in [6.45, 7) is 2.81. The lowest BCUT2D eigenvalue weighted by molar-refractivity contribution is 0.0698. The number of hydrogen-bond donors (Lipinski definition) is 2. The predicted molar refractivity (Wildman–Crippen MR) is 77.1 cm³/mol. The van der Waals surface area contributed by atoms with E-state index in [1.165, 1.54) is 6.07 Å². The quantitative estimate of drug-likeness (QED) is 0.838. The second-order valence-electron chi connectivity index (χ2n) is 5.06. The van der Waals surface area contributed by atoms with E-state index in [1.54, 1.807) is 18.2 Å². The summed E-state index contributed by atoms with van der Waals surface area (Å²) in [4.78, 5) is 25.2. The van der Waals surface area contributed by atoms with Gasteiger partial charge in [-0.25, -0.2) is 9.59 Å². The number of aromatic carboxylic acids is 1. The molecule has 1 aromatic rings. The molecule has 0 heterocycles. The molecular weight excluding hydrogens is 256 g/mol. The average Bonchev–Trinajstić information content (AvgIpc) is 3.24. The monoisotopic (exact) mass is 276 g/mol. The van der Waals surface area contributed by atoms with Crippen LogP contribution in [0.25, 0.3) is 0 Å². The summed E-state index contributed by atoms with van der Waals surface area (Å²) in [6.07, 6.45) is 4.07. The second kappa shape index (κ2) is 6.41. The van der Waals surface area contributed by atoms with Crippen LogP contribution in [0, 0.1) is 0 Å². The van der Waals surface area contributed by atoms with Gasteiger partial charge in [-0.3, -0.25) is 0 Å². The molecule has 0 aliphatic heterocycles. The molecule has 5 heteroatoms. The highest BCUT2D eigenvalue weighted by atomic mass is 16.4. The Morgan fingerprint density at radius 2 is 2.05 bits per heavy atom. The van der Waals surface area contributed by atoms with Crippen LogP contribution in [-0.2, 0) is 0 Å². The summed E-state index contributed by atoms with van der Waals surface area (Å²) in [5.41, 5.74) is 0.472. The van der Waals surface area contributed by atoms with Crippen molar-refractivity contribution >= 4 is 17.7 Å². The minimum absolute atomic E-state index is 0.118. The summed E-state index contributed by atoms with van der Waals surface area (Å²) < 4.78 is 0. The number of benzene rings is 1. The number of hydrogen-bond acceptors (Lipinski definition) is 2. The predicted octanol–water partition coefficient (Wildman–Crippen LogP) is 3.18. The van der Waals surface area contributed by atoms with E-state index < -0.39 is 5.97 Å². The first-order valence-electron chi connectivity index (χ1n) is 7.03. The smallest absolute Gasteiger partial charge is 0.337 e. The van der Waals surface area contributed by atoms with E-state index in [4.69, 9.17) is 5.11 Å². The van der Waals surface area contributed by atoms with Crippen molar-refractivity contribution in [2.75, 3.05) is 11.9 Å². The first-order valence-corrected chi connectivity index (χ1v) is 7.03. The Bertz CT molecular complexity index is 498. The van der Waals surface area contributed by atoms with Crippen LogP contribution in [0.15, 0.2) is 24.3 Å². The number of amides is 2. The van der Waals surface area contributed by atoms with Crippen molar-refractivity contribution in [3.63, 3.8) is 0 Å². The van der Waals surface area contributed by atoms with Gasteiger partial charge in [0.25, 0.3) is 0 Å². The van der Waals surface area contributed by atoms with E-state index in [0.717, 1.165) is 32.2 Å². The van der Waals surface area contributed by atoms with Crippen molar-refractivity contribution in [1.82, 2.24) is 4.90 Å². The van der Waals surface area contributed by atoms with E-state index >= 15 is 0 Å². The molecule has 2 N–H and O–H groups in total. The van der Waals surface area contributed by atoms with Crippen molar-refractivity contribution < 1.29 is 14.7 Å². The van der Waals surface area contributed by atoms with Crippen LogP contribution in [0.1, 0.15) is 43.0 Å². The van der Waals surface area contributed by atoms with Crippen molar-refractivity contribution in [1.29, 1.82) is 0 Å². The van der Waals surface area contributed by atoms with Gasteiger partial charge in [0, 0.05) is 12.6 Å². The fourth-order valence-electron chi connectivity index (χ4n) is 2.13. The SMILES string of the molecule is CCCCN(C(=O)Nc1ccccc1C(=O)O)C1CC1. The zero-order valence-corrected chi connectivity index (χ0v) is 11.6. The van der Waals surface area contributed by atoms with Gasteiger partial charge >= 0.3 is 12.0 Å². The lowest BCUT2D eigenvalue weighted by atomic mass is 10.2. The van der Waals surface area contributed by atoms with Gasteiger partial charge in [0.2, 0.25) is 0 Å². The number of nitrogens with zero attached hydrogens (tertiary/aromatic N) is 1. The summed E-state index contributed by atoms with van der Waals surface area (Å²) in [6, 6.07) is 6.59. The lowest BCUT2D eigenvalue weighted by Crippen LogP contribution is -2.37. The molecule has 0 atom stereocenters. The maximum Gasteiger partial charge on any atom is 0.337 e. The van der Waals surface area contributed by atoms with Gasteiger partial charge in [0.1, 0.15) is 0 Å². The zero-order valence-electron chi connectivity index (χ0n) is 11.6. The molecule has 2 amide bonds. The Balaban J connectivity index is 2.07. The van der Waals surface area contributed by atoms with Crippen LogP contribution >= 0.6 is 0 Å². The summed E-state index contributed by atoms with van der Waals surface area (Å²) in [5, 5.41) is 11.8. The first-order chi connectivity index (χ1) is 9.63. The Morgan fingerprint density at radius 1 is 1.35 bits per heavy atom. The topological polar surface area (TPSA) is 69.6 Å². The number of para-hydroxylation sites is 1. The number of anilines is 1. The van der Waals surface area contributed by atoms with Gasteiger partial charge in [-0.15, -0.1) is 0 Å². The second-order valence-corrected chi connectivity index (χ2v) is 5.06. The molecule has 2 rings (SSSR count). The van der Waals surface area contributed by atoms with Gasteiger partial charge in [-0.2, -0.15) is 0 Å². The lowest BCUT2D eigenvalue weighted by Gasteiger charge is -2.23. The molecule has 0 aromatic heterocycles. The molecule has 0 saturated heterocycles. The molecular formula is C15H20N2O3. The molecule has 1 saturated carbocycles. The number of carboxylic acids is 1. The Labute approximate surface area is 118 Å². The molecule has 1 aliphatic carbocycles. The highest BCUT2D eigenvalue weighted by molar-refractivity contribution is 6.00. The fraction of sp³-hybridized carbons (Fsp3) is 0.467. The van der Waals surface area contributed by atoms with Crippen molar-refractivity contribution in [3.05, 3.63) is 29.8 Å². The molecule has 0 spiro atoms. The number of nitrogens with one attached hydrogen (secondary N) is 1. The normalized spacial score (nSPS) is 13.8. The molecule has 1 fully saturated rings. The number of carbonyl (C=O) groups excluding carboxylic acids is 1. The number of rotatable bonds is 6. The van der Waals surface area contributed by atoms with Gasteiger partial charge in [-0.1, -0.05) is 25.5 Å². The molecule has 20 heavy (non-hydrogen) atoms. The summed E-state index contributed by atoms with van der Waals surface area (Å²) >= 11 is 0. The van der Waals surface area contributed by atoms with E-state index in [9.17, 15) is 9.59 Å². The Morgan fingerprint density at radius 3 is 2.65 bits per heavy atom. The zero-order chi connectivity index (χ0) is 14.5. The third kappa shape index (κ3) is 3.50. The Hall–Kier alpha value is -2.04. The largest absolute Gasteiger partial charge is 0.478 e. The van der Waals surface area contributed by atoms with Crippen LogP contribution in [-0.4, -0.2) is 34.6 Å². The van der Waals surface area contributed by atoms with Gasteiger partial charge in [0.05, 0.1) is 11.3 Å². The van der Waals surface area contributed by atoms with Gasteiger partial charge in [-0.05, 0) is 31.4 Å². The molecule has 0 bridgehead atoms. The van der Waals surface area contributed by atoms with E-state index in [-0.39, 0.29) is 11.6 Å². The number of carbonyl (C=O) groups is 2. The van der Waals surface area contributed by atoms with Crippen LogP contribution in [0.4, 0.5) is 10.5 Å². The molecule has 0 radical (unpaired) electrons. The maximum atomic E-state index is 12.3. The molecule has 0 unspecified atom stereocenters. The minimum atomic E-state index is -1.03. The van der Waals surface area contributed by atoms with Gasteiger partial charge < -0.3 is 15.3 Å². The van der Waals surface area contributed by atoms with Crippen molar-refractivity contribution in [2.24, 2.45) is 0 Å². The van der Waals surface area contributed by atoms with Crippen LogP contribution < -0.4 is 5.32 Å². The molecule has 1 aromatic carbocycles. The molecule has 5 nitrogen and oxygen atoms in total. The number of unbranched alkanes of at least 4 members (excludes halogenated alkanes) is 1. The van der Waals surface area contributed by atoms with E-state index in [1.807, 2.05) is 4.90 Å². The summed E-state index contributed by atoms with van der Waals surface area (Å²) in [5.74, 6) is -1.03. The third-order valence-corrected chi connectivity index (χ3v) is 3.40.